The molecule has 0 atom stereocenters. The number of carbonyl (C=O) groups is 2. The molecule has 146 valence electrons. The van der Waals surface area contributed by atoms with Gasteiger partial charge in [-0.2, -0.15) is 0 Å². The van der Waals surface area contributed by atoms with Crippen LogP contribution in [0.15, 0.2) is 18.2 Å². The molecule has 2 heterocycles. The fourth-order valence-electron chi connectivity index (χ4n) is 4.71. The van der Waals surface area contributed by atoms with Gasteiger partial charge in [-0.1, -0.05) is 19.3 Å². The van der Waals surface area contributed by atoms with E-state index in [0.29, 0.717) is 5.56 Å². The van der Waals surface area contributed by atoms with Crippen LogP contribution in [0.25, 0.3) is 0 Å². The Morgan fingerprint density at radius 1 is 0.852 bits per heavy atom. The Hall–Kier alpha value is -2.04. The maximum Gasteiger partial charge on any atom is 0.253 e. The zero-order chi connectivity index (χ0) is 18.6. The molecule has 2 amide bonds. The molecular formula is C22H31N3O2. The summed E-state index contributed by atoms with van der Waals surface area (Å²) in [5.74, 6) is 0.331. The number of nitrogens with zero attached hydrogens (tertiary/aromatic N) is 2. The van der Waals surface area contributed by atoms with Gasteiger partial charge in [0, 0.05) is 37.7 Å². The zero-order valence-electron chi connectivity index (χ0n) is 16.2. The first kappa shape index (κ1) is 18.3. The average Bonchev–Trinajstić information content (AvgIpc) is 3.42. The molecule has 3 fully saturated rings. The maximum atomic E-state index is 12.8. The predicted octanol–water partition coefficient (Wildman–Crippen LogP) is 4.04. The van der Waals surface area contributed by atoms with Crippen LogP contribution in [0, 0.1) is 5.92 Å². The Kier molecular flexibility index (Phi) is 5.65. The van der Waals surface area contributed by atoms with Gasteiger partial charge in [0.1, 0.15) is 0 Å². The van der Waals surface area contributed by atoms with Crippen LogP contribution in [0.4, 0.5) is 11.4 Å². The lowest BCUT2D eigenvalue weighted by Gasteiger charge is -2.25. The molecule has 2 aliphatic heterocycles. The summed E-state index contributed by atoms with van der Waals surface area (Å²) in [5.41, 5.74) is 2.57. The predicted molar refractivity (Wildman–Crippen MR) is 108 cm³/mol. The second-order valence-corrected chi connectivity index (χ2v) is 8.25. The summed E-state index contributed by atoms with van der Waals surface area (Å²) in [4.78, 5) is 29.9. The van der Waals surface area contributed by atoms with Gasteiger partial charge in [0.25, 0.3) is 5.91 Å². The number of hydrogen-bond acceptors (Lipinski definition) is 3. The number of carbonyl (C=O) groups excluding carboxylic acids is 2. The summed E-state index contributed by atoms with van der Waals surface area (Å²) in [6.45, 7) is 3.73. The third-order valence-electron chi connectivity index (χ3n) is 6.32. The molecule has 0 radical (unpaired) electrons. The van der Waals surface area contributed by atoms with Crippen molar-refractivity contribution in [1.29, 1.82) is 0 Å². The molecule has 1 saturated carbocycles. The lowest BCUT2D eigenvalue weighted by Crippen LogP contribution is -2.29. The molecule has 5 heteroatoms. The fraction of sp³-hybridized carbons (Fsp3) is 0.636. The van der Waals surface area contributed by atoms with Crippen LogP contribution in [0.3, 0.4) is 0 Å². The SMILES string of the molecule is O=C(Nc1cc(C(=O)N2CCCC2)ccc1N1CCCC1)C1CCCCC1. The summed E-state index contributed by atoms with van der Waals surface area (Å²) in [6.07, 6.45) is 10.0. The topological polar surface area (TPSA) is 52.7 Å². The van der Waals surface area contributed by atoms with Gasteiger partial charge in [-0.15, -0.1) is 0 Å². The van der Waals surface area contributed by atoms with Gasteiger partial charge < -0.3 is 15.1 Å². The standard InChI is InChI=1S/C22H31N3O2/c26-21(17-8-2-1-3-9-17)23-19-16-18(22(27)25-14-6-7-15-25)10-11-20(19)24-12-4-5-13-24/h10-11,16-17H,1-9,12-15H2,(H,23,26). The zero-order valence-corrected chi connectivity index (χ0v) is 16.2. The molecular weight excluding hydrogens is 338 g/mol. The van der Waals surface area contributed by atoms with Crippen molar-refractivity contribution in [2.24, 2.45) is 5.92 Å². The molecule has 4 rings (SSSR count). The van der Waals surface area contributed by atoms with E-state index in [-0.39, 0.29) is 17.7 Å². The van der Waals surface area contributed by atoms with Crippen molar-refractivity contribution in [3.05, 3.63) is 23.8 Å². The van der Waals surface area contributed by atoms with Crippen molar-refractivity contribution in [1.82, 2.24) is 4.90 Å². The molecule has 1 aromatic carbocycles. The summed E-state index contributed by atoms with van der Waals surface area (Å²) in [7, 11) is 0. The highest BCUT2D eigenvalue weighted by molar-refractivity contribution is 6.00. The molecule has 1 N–H and O–H groups in total. The average molecular weight is 370 g/mol. The molecule has 0 bridgehead atoms. The quantitative estimate of drug-likeness (QED) is 0.871. The van der Waals surface area contributed by atoms with Gasteiger partial charge in [-0.05, 0) is 56.7 Å². The van der Waals surface area contributed by atoms with Crippen molar-refractivity contribution < 1.29 is 9.59 Å². The van der Waals surface area contributed by atoms with Crippen LogP contribution in [0.5, 0.6) is 0 Å². The maximum absolute atomic E-state index is 12.8. The summed E-state index contributed by atoms with van der Waals surface area (Å²) >= 11 is 0. The van der Waals surface area contributed by atoms with E-state index in [1.165, 1.54) is 19.3 Å². The van der Waals surface area contributed by atoms with Crippen molar-refractivity contribution in [3.63, 3.8) is 0 Å². The van der Waals surface area contributed by atoms with Gasteiger partial charge in [0.2, 0.25) is 5.91 Å². The van der Waals surface area contributed by atoms with E-state index < -0.39 is 0 Å². The van der Waals surface area contributed by atoms with Crippen LogP contribution in [0.2, 0.25) is 0 Å². The lowest BCUT2D eigenvalue weighted by atomic mass is 9.88. The first-order valence-electron chi connectivity index (χ1n) is 10.7. The number of nitrogens with one attached hydrogen (secondary N) is 1. The van der Waals surface area contributed by atoms with Crippen LogP contribution in [-0.4, -0.2) is 42.9 Å². The first-order chi connectivity index (χ1) is 13.2. The summed E-state index contributed by atoms with van der Waals surface area (Å²) < 4.78 is 0. The van der Waals surface area contributed by atoms with E-state index >= 15 is 0 Å². The van der Waals surface area contributed by atoms with Gasteiger partial charge >= 0.3 is 0 Å². The number of benzene rings is 1. The van der Waals surface area contributed by atoms with Crippen LogP contribution < -0.4 is 10.2 Å². The van der Waals surface area contributed by atoms with Crippen molar-refractivity contribution >= 4 is 23.2 Å². The van der Waals surface area contributed by atoms with E-state index in [2.05, 4.69) is 10.2 Å². The van der Waals surface area contributed by atoms with Crippen LogP contribution >= 0.6 is 0 Å². The fourth-order valence-corrected chi connectivity index (χ4v) is 4.71. The number of hydrogen-bond donors (Lipinski definition) is 1. The Labute approximate surface area is 162 Å². The van der Waals surface area contributed by atoms with E-state index in [0.717, 1.165) is 76.1 Å². The van der Waals surface area contributed by atoms with Crippen molar-refractivity contribution in [2.75, 3.05) is 36.4 Å². The summed E-state index contributed by atoms with van der Waals surface area (Å²) in [6, 6.07) is 5.88. The van der Waals surface area contributed by atoms with Crippen molar-refractivity contribution in [3.8, 4) is 0 Å². The minimum Gasteiger partial charge on any atom is -0.370 e. The van der Waals surface area contributed by atoms with E-state index in [9.17, 15) is 9.59 Å². The number of amides is 2. The third-order valence-corrected chi connectivity index (χ3v) is 6.32. The second kappa shape index (κ2) is 8.32. The molecule has 2 saturated heterocycles. The lowest BCUT2D eigenvalue weighted by molar-refractivity contribution is -0.120. The monoisotopic (exact) mass is 369 g/mol. The molecule has 0 unspecified atom stereocenters. The smallest absolute Gasteiger partial charge is 0.253 e. The van der Waals surface area contributed by atoms with Gasteiger partial charge in [0.15, 0.2) is 0 Å². The number of likely N-dealkylation sites (tertiary alicyclic amines) is 1. The molecule has 0 aromatic heterocycles. The number of rotatable bonds is 4. The minimum absolute atomic E-state index is 0.0913. The van der Waals surface area contributed by atoms with E-state index in [1.807, 2.05) is 23.1 Å². The molecule has 5 nitrogen and oxygen atoms in total. The largest absolute Gasteiger partial charge is 0.370 e. The first-order valence-corrected chi connectivity index (χ1v) is 10.7. The van der Waals surface area contributed by atoms with E-state index in [4.69, 9.17) is 0 Å². The molecule has 1 aliphatic carbocycles. The highest BCUT2D eigenvalue weighted by Crippen LogP contribution is 2.32. The minimum atomic E-state index is 0.0913. The van der Waals surface area contributed by atoms with Gasteiger partial charge in [0.05, 0.1) is 11.4 Å². The highest BCUT2D eigenvalue weighted by Gasteiger charge is 2.25. The molecule has 0 spiro atoms. The normalized spacial score (nSPS) is 20.9. The highest BCUT2D eigenvalue weighted by atomic mass is 16.2. The third kappa shape index (κ3) is 4.12. The molecule has 1 aromatic rings. The summed E-state index contributed by atoms with van der Waals surface area (Å²) in [5, 5.41) is 3.19. The van der Waals surface area contributed by atoms with E-state index in [1.54, 1.807) is 0 Å². The Morgan fingerprint density at radius 2 is 1.52 bits per heavy atom. The van der Waals surface area contributed by atoms with Crippen LogP contribution in [0.1, 0.15) is 68.1 Å². The van der Waals surface area contributed by atoms with Gasteiger partial charge in [-0.25, -0.2) is 0 Å². The Balaban J connectivity index is 1.57. The Bertz CT molecular complexity index is 685. The van der Waals surface area contributed by atoms with Crippen LogP contribution in [-0.2, 0) is 4.79 Å². The van der Waals surface area contributed by atoms with Gasteiger partial charge in [-0.3, -0.25) is 9.59 Å². The van der Waals surface area contributed by atoms with Crippen molar-refractivity contribution in [2.45, 2.75) is 57.8 Å². The molecule has 27 heavy (non-hydrogen) atoms. The number of anilines is 2. The molecule has 3 aliphatic rings. The Morgan fingerprint density at radius 3 is 2.22 bits per heavy atom. The second-order valence-electron chi connectivity index (χ2n) is 8.25.